The summed E-state index contributed by atoms with van der Waals surface area (Å²) in [5.74, 6) is 0.743. The molecule has 0 heterocycles. The summed E-state index contributed by atoms with van der Waals surface area (Å²) in [4.78, 5) is 11.5. The van der Waals surface area contributed by atoms with Crippen molar-refractivity contribution in [1.82, 2.24) is 10.6 Å². The Balaban J connectivity index is 1.61. The molecule has 2 rings (SSSR count). The highest BCUT2D eigenvalue weighted by molar-refractivity contribution is 5.67. The van der Waals surface area contributed by atoms with E-state index in [0.29, 0.717) is 12.0 Å². The number of hydrogen-bond acceptors (Lipinski definition) is 3. The molecule has 1 fully saturated rings. The first-order valence-corrected chi connectivity index (χ1v) is 9.15. The maximum atomic E-state index is 11.5. The van der Waals surface area contributed by atoms with Crippen molar-refractivity contribution < 1.29 is 9.53 Å². The van der Waals surface area contributed by atoms with Gasteiger partial charge in [0, 0.05) is 13.1 Å². The first-order chi connectivity index (χ1) is 10.8. The van der Waals surface area contributed by atoms with E-state index in [1.54, 1.807) is 5.57 Å². The first-order valence-electron chi connectivity index (χ1n) is 9.15. The summed E-state index contributed by atoms with van der Waals surface area (Å²) in [6.07, 6.45) is 10.1. The number of carbonyl (C=O) groups excluding carboxylic acids is 1. The fourth-order valence-electron chi connectivity index (χ4n) is 4.17. The van der Waals surface area contributed by atoms with Gasteiger partial charge in [-0.15, -0.1) is 0 Å². The van der Waals surface area contributed by atoms with E-state index < -0.39 is 5.60 Å². The quantitative estimate of drug-likeness (QED) is 0.573. The Hall–Kier alpha value is -1.03. The number of allylic oxidation sites excluding steroid dienone is 2. The highest BCUT2D eigenvalue weighted by atomic mass is 16.6. The second-order valence-electron chi connectivity index (χ2n) is 8.47. The van der Waals surface area contributed by atoms with E-state index in [9.17, 15) is 4.79 Å². The number of alkyl carbamates (subject to hydrolysis) is 1. The fraction of sp³-hybridized carbons (Fsp3) is 0.842. The third-order valence-corrected chi connectivity index (χ3v) is 4.88. The van der Waals surface area contributed by atoms with Crippen molar-refractivity contribution in [2.24, 2.45) is 11.3 Å². The second kappa shape index (κ2) is 7.69. The van der Waals surface area contributed by atoms with Crippen molar-refractivity contribution >= 4 is 6.09 Å². The Morgan fingerprint density at radius 3 is 2.87 bits per heavy atom. The predicted octanol–water partition coefficient (Wildman–Crippen LogP) is 4.02. The fourth-order valence-corrected chi connectivity index (χ4v) is 4.17. The molecule has 0 saturated heterocycles. The summed E-state index contributed by atoms with van der Waals surface area (Å²) in [7, 11) is 0. The van der Waals surface area contributed by atoms with Crippen LogP contribution >= 0.6 is 0 Å². The number of carbonyl (C=O) groups is 1. The summed E-state index contributed by atoms with van der Waals surface area (Å²) in [6, 6.07) is 0. The Bertz CT molecular complexity index is 439. The molecule has 1 amide bonds. The van der Waals surface area contributed by atoms with Crippen LogP contribution in [0.4, 0.5) is 4.79 Å². The monoisotopic (exact) mass is 322 g/mol. The molecule has 0 radical (unpaired) electrons. The van der Waals surface area contributed by atoms with Crippen LogP contribution in [0.25, 0.3) is 0 Å². The SMILES string of the molecule is CC1C=C2CCCC(CCNCCNC(=O)OC(C)(C)C)(C2)C1. The molecule has 0 aromatic heterocycles. The summed E-state index contributed by atoms with van der Waals surface area (Å²) < 4.78 is 5.22. The molecule has 4 nitrogen and oxygen atoms in total. The minimum atomic E-state index is -0.430. The van der Waals surface area contributed by atoms with E-state index in [1.165, 1.54) is 38.5 Å². The van der Waals surface area contributed by atoms with Gasteiger partial charge in [-0.2, -0.15) is 0 Å². The molecule has 0 aromatic carbocycles. The molecule has 0 aromatic rings. The minimum Gasteiger partial charge on any atom is -0.444 e. The van der Waals surface area contributed by atoms with Crippen LogP contribution in [0.15, 0.2) is 11.6 Å². The van der Waals surface area contributed by atoms with Gasteiger partial charge >= 0.3 is 6.09 Å². The van der Waals surface area contributed by atoms with Crippen molar-refractivity contribution in [1.29, 1.82) is 0 Å². The Morgan fingerprint density at radius 2 is 2.13 bits per heavy atom. The van der Waals surface area contributed by atoms with E-state index in [0.717, 1.165) is 19.0 Å². The van der Waals surface area contributed by atoms with Gasteiger partial charge in [0.1, 0.15) is 5.60 Å². The van der Waals surface area contributed by atoms with Gasteiger partial charge < -0.3 is 15.4 Å². The molecule has 2 bridgehead atoms. The molecule has 2 atom stereocenters. The van der Waals surface area contributed by atoms with Crippen LogP contribution in [-0.2, 0) is 4.74 Å². The number of amides is 1. The number of nitrogens with one attached hydrogen (secondary N) is 2. The van der Waals surface area contributed by atoms with Crippen molar-refractivity contribution in [3.8, 4) is 0 Å². The van der Waals surface area contributed by atoms with Gasteiger partial charge in [0.2, 0.25) is 0 Å². The van der Waals surface area contributed by atoms with Crippen LogP contribution in [0.1, 0.15) is 66.2 Å². The highest BCUT2D eigenvalue weighted by Gasteiger charge is 2.37. The Kier molecular flexibility index (Phi) is 6.12. The highest BCUT2D eigenvalue weighted by Crippen LogP contribution is 2.49. The molecule has 132 valence electrons. The van der Waals surface area contributed by atoms with Gasteiger partial charge in [0.05, 0.1) is 0 Å². The molecule has 1 saturated carbocycles. The van der Waals surface area contributed by atoms with E-state index in [4.69, 9.17) is 4.74 Å². The lowest BCUT2D eigenvalue weighted by atomic mass is 9.62. The first kappa shape index (κ1) is 18.3. The lowest BCUT2D eigenvalue weighted by molar-refractivity contribution is 0.0528. The Labute approximate surface area is 141 Å². The average molecular weight is 322 g/mol. The maximum absolute atomic E-state index is 11.5. The minimum absolute atomic E-state index is 0.332. The van der Waals surface area contributed by atoms with E-state index in [-0.39, 0.29) is 6.09 Å². The smallest absolute Gasteiger partial charge is 0.407 e. The molecule has 2 unspecified atom stereocenters. The van der Waals surface area contributed by atoms with Gasteiger partial charge in [0.15, 0.2) is 0 Å². The summed E-state index contributed by atoms with van der Waals surface area (Å²) in [6.45, 7) is 10.4. The molecule has 0 aliphatic heterocycles. The molecule has 23 heavy (non-hydrogen) atoms. The van der Waals surface area contributed by atoms with Crippen LogP contribution in [-0.4, -0.2) is 31.3 Å². The van der Waals surface area contributed by atoms with Crippen molar-refractivity contribution in [3.63, 3.8) is 0 Å². The van der Waals surface area contributed by atoms with Gasteiger partial charge in [-0.3, -0.25) is 0 Å². The summed E-state index contributed by atoms with van der Waals surface area (Å²) in [5, 5.41) is 6.27. The van der Waals surface area contributed by atoms with Crippen molar-refractivity contribution in [2.75, 3.05) is 19.6 Å². The number of fused-ring (bicyclic) bond motifs is 2. The van der Waals surface area contributed by atoms with Crippen LogP contribution in [0.2, 0.25) is 0 Å². The number of rotatable bonds is 6. The maximum Gasteiger partial charge on any atom is 0.407 e. The number of hydrogen-bond donors (Lipinski definition) is 2. The third-order valence-electron chi connectivity index (χ3n) is 4.88. The predicted molar refractivity (Wildman–Crippen MR) is 94.5 cm³/mol. The molecule has 4 heteroatoms. The van der Waals surface area contributed by atoms with E-state index in [1.807, 2.05) is 20.8 Å². The summed E-state index contributed by atoms with van der Waals surface area (Å²) in [5.41, 5.74) is 1.80. The summed E-state index contributed by atoms with van der Waals surface area (Å²) >= 11 is 0. The second-order valence-corrected chi connectivity index (χ2v) is 8.47. The zero-order valence-electron chi connectivity index (χ0n) is 15.3. The van der Waals surface area contributed by atoms with Gasteiger partial charge in [-0.25, -0.2) is 4.79 Å². The van der Waals surface area contributed by atoms with Crippen LogP contribution in [0.5, 0.6) is 0 Å². The van der Waals surface area contributed by atoms with Crippen LogP contribution in [0.3, 0.4) is 0 Å². The van der Waals surface area contributed by atoms with Gasteiger partial charge in [-0.05, 0) is 77.2 Å². The van der Waals surface area contributed by atoms with Gasteiger partial charge in [-0.1, -0.05) is 18.6 Å². The van der Waals surface area contributed by atoms with Crippen molar-refractivity contribution in [3.05, 3.63) is 11.6 Å². The zero-order chi connectivity index (χ0) is 16.9. The largest absolute Gasteiger partial charge is 0.444 e. The molecular weight excluding hydrogens is 288 g/mol. The third kappa shape index (κ3) is 6.17. The van der Waals surface area contributed by atoms with E-state index >= 15 is 0 Å². The topological polar surface area (TPSA) is 50.4 Å². The molecule has 2 aliphatic carbocycles. The molecule has 0 spiro atoms. The number of ether oxygens (including phenoxy) is 1. The van der Waals surface area contributed by atoms with Crippen molar-refractivity contribution in [2.45, 2.75) is 71.8 Å². The van der Waals surface area contributed by atoms with E-state index in [2.05, 4.69) is 23.6 Å². The van der Waals surface area contributed by atoms with Crippen LogP contribution in [0, 0.1) is 11.3 Å². The average Bonchev–Trinajstić information content (AvgIpc) is 2.40. The molecule has 2 aliphatic rings. The lowest BCUT2D eigenvalue weighted by Gasteiger charge is -2.44. The normalized spacial score (nSPS) is 27.3. The Morgan fingerprint density at radius 1 is 1.35 bits per heavy atom. The zero-order valence-corrected chi connectivity index (χ0v) is 15.3. The molecular formula is C19H34N2O2. The lowest BCUT2D eigenvalue weighted by Crippen LogP contribution is -2.38. The molecule has 2 N–H and O–H groups in total. The van der Waals surface area contributed by atoms with Gasteiger partial charge in [0.25, 0.3) is 0 Å². The van der Waals surface area contributed by atoms with Crippen LogP contribution < -0.4 is 10.6 Å². The standard InChI is InChI=1S/C19H34N2O2/c1-15-12-16-6-5-7-19(13-15,14-16)8-9-20-10-11-21-17(22)23-18(2,3)4/h12,15,20H,5-11,13-14H2,1-4H3,(H,21,22).